The van der Waals surface area contributed by atoms with E-state index in [0.717, 1.165) is 25.4 Å². The standard InChI is InChI=1S/C21H33ClN2O2S/c1-4-15-23(2)16-13-18-5-7-19(8-6-18)14-17-24(3)27(25,26)21-11-9-20(22)10-12-21/h4,9-12,18-19H,1,5-8,13-17H2,2-3H3. The normalized spacial score (nSPS) is 20.9. The number of halogens is 1. The molecule has 0 heterocycles. The molecule has 1 fully saturated rings. The SMILES string of the molecule is C=CCN(C)CCC1CCC(CCN(C)S(=O)(=O)c2ccc(Cl)cc2)CC1. The Bertz CT molecular complexity index is 683. The van der Waals surface area contributed by atoms with Gasteiger partial charge in [0.2, 0.25) is 10.0 Å². The van der Waals surface area contributed by atoms with Crippen molar-refractivity contribution < 1.29 is 8.42 Å². The van der Waals surface area contributed by atoms with Crippen molar-refractivity contribution in [3.63, 3.8) is 0 Å². The monoisotopic (exact) mass is 412 g/mol. The van der Waals surface area contributed by atoms with Gasteiger partial charge < -0.3 is 4.90 Å². The van der Waals surface area contributed by atoms with Gasteiger partial charge in [-0.1, -0.05) is 43.4 Å². The maximum absolute atomic E-state index is 12.6. The van der Waals surface area contributed by atoms with Gasteiger partial charge in [0, 0.05) is 25.2 Å². The zero-order chi connectivity index (χ0) is 19.9. The zero-order valence-electron chi connectivity index (χ0n) is 16.6. The van der Waals surface area contributed by atoms with Crippen LogP contribution >= 0.6 is 11.6 Å². The minimum absolute atomic E-state index is 0.307. The first-order chi connectivity index (χ1) is 12.8. The minimum atomic E-state index is -3.43. The summed E-state index contributed by atoms with van der Waals surface area (Å²) in [6.07, 6.45) is 9.09. The Labute approximate surface area is 170 Å². The van der Waals surface area contributed by atoms with Gasteiger partial charge in [-0.15, -0.1) is 6.58 Å². The Balaban J connectivity index is 1.74. The molecule has 27 heavy (non-hydrogen) atoms. The Hall–Kier alpha value is -0.880. The summed E-state index contributed by atoms with van der Waals surface area (Å²) < 4.78 is 26.8. The molecule has 0 aliphatic heterocycles. The van der Waals surface area contributed by atoms with Crippen molar-refractivity contribution in [1.82, 2.24) is 9.21 Å². The molecule has 1 aliphatic carbocycles. The van der Waals surface area contributed by atoms with E-state index in [1.54, 1.807) is 31.3 Å². The first-order valence-electron chi connectivity index (χ1n) is 9.84. The van der Waals surface area contributed by atoms with Gasteiger partial charge >= 0.3 is 0 Å². The summed E-state index contributed by atoms with van der Waals surface area (Å²) in [4.78, 5) is 2.62. The van der Waals surface area contributed by atoms with Gasteiger partial charge in [-0.2, -0.15) is 0 Å². The van der Waals surface area contributed by atoms with Gasteiger partial charge in [0.25, 0.3) is 0 Å². The lowest BCUT2D eigenvalue weighted by molar-refractivity contribution is 0.224. The predicted molar refractivity (Wildman–Crippen MR) is 114 cm³/mol. The Morgan fingerprint density at radius 1 is 1.04 bits per heavy atom. The van der Waals surface area contributed by atoms with Crippen LogP contribution < -0.4 is 0 Å². The summed E-state index contributed by atoms with van der Waals surface area (Å²) >= 11 is 5.86. The fourth-order valence-electron chi connectivity index (χ4n) is 3.79. The minimum Gasteiger partial charge on any atom is -0.303 e. The van der Waals surface area contributed by atoms with E-state index >= 15 is 0 Å². The quantitative estimate of drug-likeness (QED) is 0.524. The second-order valence-corrected chi connectivity index (χ2v) is 10.3. The van der Waals surface area contributed by atoms with E-state index in [1.807, 2.05) is 6.08 Å². The summed E-state index contributed by atoms with van der Waals surface area (Å²) in [6.45, 7) is 6.43. The largest absolute Gasteiger partial charge is 0.303 e. The van der Waals surface area contributed by atoms with Crippen molar-refractivity contribution in [3.8, 4) is 0 Å². The van der Waals surface area contributed by atoms with E-state index < -0.39 is 10.0 Å². The van der Waals surface area contributed by atoms with Crippen LogP contribution in [0.5, 0.6) is 0 Å². The molecule has 4 nitrogen and oxygen atoms in total. The van der Waals surface area contributed by atoms with Crippen LogP contribution in [0.4, 0.5) is 0 Å². The first kappa shape index (κ1) is 22.4. The third kappa shape index (κ3) is 6.90. The van der Waals surface area contributed by atoms with E-state index in [0.29, 0.717) is 22.4 Å². The van der Waals surface area contributed by atoms with Gasteiger partial charge in [0.15, 0.2) is 0 Å². The highest BCUT2D eigenvalue weighted by Crippen LogP contribution is 2.33. The van der Waals surface area contributed by atoms with Crippen molar-refractivity contribution >= 4 is 21.6 Å². The van der Waals surface area contributed by atoms with Crippen LogP contribution in [0, 0.1) is 11.8 Å². The van der Waals surface area contributed by atoms with Crippen LogP contribution in [0.1, 0.15) is 38.5 Å². The summed E-state index contributed by atoms with van der Waals surface area (Å²) in [5.74, 6) is 1.44. The molecule has 0 saturated heterocycles. The molecule has 0 unspecified atom stereocenters. The Kier molecular flexibility index (Phi) is 8.80. The molecular weight excluding hydrogens is 380 g/mol. The summed E-state index contributed by atoms with van der Waals surface area (Å²) in [7, 11) is 0.385. The molecular formula is C21H33ClN2O2S. The van der Waals surface area contributed by atoms with E-state index in [2.05, 4.69) is 18.5 Å². The van der Waals surface area contributed by atoms with Gasteiger partial charge in [-0.05, 0) is 62.5 Å². The lowest BCUT2D eigenvalue weighted by Gasteiger charge is -2.30. The summed E-state index contributed by atoms with van der Waals surface area (Å²) in [5, 5.41) is 0.545. The molecule has 1 aliphatic rings. The van der Waals surface area contributed by atoms with E-state index in [9.17, 15) is 8.42 Å². The Morgan fingerprint density at radius 3 is 2.07 bits per heavy atom. The maximum atomic E-state index is 12.6. The van der Waals surface area contributed by atoms with Crippen LogP contribution in [0.3, 0.4) is 0 Å². The smallest absolute Gasteiger partial charge is 0.242 e. The van der Waals surface area contributed by atoms with Crippen molar-refractivity contribution in [2.45, 2.75) is 43.4 Å². The molecule has 152 valence electrons. The average Bonchev–Trinajstić information content (AvgIpc) is 2.66. The van der Waals surface area contributed by atoms with Crippen molar-refractivity contribution in [2.24, 2.45) is 11.8 Å². The van der Waals surface area contributed by atoms with Gasteiger partial charge in [0.05, 0.1) is 4.90 Å². The number of hydrogen-bond acceptors (Lipinski definition) is 3. The Morgan fingerprint density at radius 2 is 1.56 bits per heavy atom. The molecule has 0 radical (unpaired) electrons. The van der Waals surface area contributed by atoms with Crippen LogP contribution in [0.25, 0.3) is 0 Å². The fourth-order valence-corrected chi connectivity index (χ4v) is 5.11. The first-order valence-corrected chi connectivity index (χ1v) is 11.7. The summed E-state index contributed by atoms with van der Waals surface area (Å²) in [5.41, 5.74) is 0. The molecule has 1 saturated carbocycles. The third-order valence-electron chi connectivity index (χ3n) is 5.70. The van der Waals surface area contributed by atoms with E-state index in [-0.39, 0.29) is 0 Å². The highest BCUT2D eigenvalue weighted by atomic mass is 35.5. The molecule has 0 atom stereocenters. The molecule has 6 heteroatoms. The van der Waals surface area contributed by atoms with Gasteiger partial charge in [-0.3, -0.25) is 0 Å². The van der Waals surface area contributed by atoms with E-state index in [4.69, 9.17) is 11.6 Å². The highest BCUT2D eigenvalue weighted by molar-refractivity contribution is 7.89. The molecule has 0 N–H and O–H groups in total. The molecule has 0 bridgehead atoms. The van der Waals surface area contributed by atoms with Crippen LogP contribution in [0.15, 0.2) is 41.8 Å². The molecule has 0 amide bonds. The van der Waals surface area contributed by atoms with Gasteiger partial charge in [-0.25, -0.2) is 12.7 Å². The fraction of sp³-hybridized carbons (Fsp3) is 0.619. The van der Waals surface area contributed by atoms with Crippen LogP contribution in [-0.4, -0.2) is 51.4 Å². The number of hydrogen-bond donors (Lipinski definition) is 0. The molecule has 0 spiro atoms. The topological polar surface area (TPSA) is 40.6 Å². The molecule has 1 aromatic rings. The van der Waals surface area contributed by atoms with Crippen molar-refractivity contribution in [3.05, 3.63) is 41.9 Å². The summed E-state index contributed by atoms with van der Waals surface area (Å²) in [6, 6.07) is 6.39. The third-order valence-corrected chi connectivity index (χ3v) is 7.82. The predicted octanol–water partition coefficient (Wildman–Crippen LogP) is 4.66. The lowest BCUT2D eigenvalue weighted by atomic mass is 9.79. The molecule has 1 aromatic carbocycles. The maximum Gasteiger partial charge on any atom is 0.242 e. The number of rotatable bonds is 10. The number of nitrogens with zero attached hydrogens (tertiary/aromatic N) is 2. The highest BCUT2D eigenvalue weighted by Gasteiger charge is 2.24. The lowest BCUT2D eigenvalue weighted by Crippen LogP contribution is -2.30. The van der Waals surface area contributed by atoms with E-state index in [1.165, 1.54) is 36.4 Å². The second kappa shape index (κ2) is 10.6. The van der Waals surface area contributed by atoms with Crippen molar-refractivity contribution in [2.75, 3.05) is 33.7 Å². The number of benzene rings is 1. The van der Waals surface area contributed by atoms with Crippen LogP contribution in [-0.2, 0) is 10.0 Å². The molecule has 2 rings (SSSR count). The van der Waals surface area contributed by atoms with Gasteiger partial charge in [0.1, 0.15) is 0 Å². The number of sulfonamides is 1. The number of likely N-dealkylation sites (N-methyl/N-ethyl adjacent to an activating group) is 1. The van der Waals surface area contributed by atoms with Crippen molar-refractivity contribution in [1.29, 1.82) is 0 Å². The average molecular weight is 413 g/mol. The molecule has 0 aromatic heterocycles. The zero-order valence-corrected chi connectivity index (χ0v) is 18.2. The second-order valence-electron chi connectivity index (χ2n) is 7.80. The van der Waals surface area contributed by atoms with Crippen LogP contribution in [0.2, 0.25) is 5.02 Å².